The number of benzene rings is 1. The molecule has 0 aliphatic carbocycles. The lowest BCUT2D eigenvalue weighted by molar-refractivity contribution is 0.202. The molecule has 114 valence electrons. The molecule has 2 rings (SSSR count). The van der Waals surface area contributed by atoms with Gasteiger partial charge in [-0.2, -0.15) is 9.57 Å². The zero-order valence-electron chi connectivity index (χ0n) is 11.8. The van der Waals surface area contributed by atoms with Crippen LogP contribution in [0.2, 0.25) is 0 Å². The Labute approximate surface area is 125 Å². The van der Waals surface area contributed by atoms with Gasteiger partial charge in [0.05, 0.1) is 23.1 Å². The van der Waals surface area contributed by atoms with E-state index in [0.717, 1.165) is 13.0 Å². The van der Waals surface area contributed by atoms with Crippen molar-refractivity contribution in [2.45, 2.75) is 11.3 Å². The second-order valence-corrected chi connectivity index (χ2v) is 6.90. The first-order valence-electron chi connectivity index (χ1n) is 6.91. The van der Waals surface area contributed by atoms with Gasteiger partial charge >= 0.3 is 0 Å². The number of rotatable bonds is 4. The molecule has 0 atom stereocenters. The van der Waals surface area contributed by atoms with Crippen LogP contribution in [0, 0.1) is 11.3 Å². The van der Waals surface area contributed by atoms with Crippen molar-refractivity contribution in [3.63, 3.8) is 0 Å². The molecular formula is C14H19N3O3S. The van der Waals surface area contributed by atoms with Gasteiger partial charge in [0.1, 0.15) is 0 Å². The summed E-state index contributed by atoms with van der Waals surface area (Å²) in [7, 11) is -3.51. The van der Waals surface area contributed by atoms with Crippen LogP contribution in [0.5, 0.6) is 0 Å². The van der Waals surface area contributed by atoms with Crippen molar-refractivity contribution >= 4 is 10.0 Å². The summed E-state index contributed by atoms with van der Waals surface area (Å²) < 4.78 is 26.6. The summed E-state index contributed by atoms with van der Waals surface area (Å²) in [5, 5.41) is 17.7. The Kier molecular flexibility index (Phi) is 5.31. The van der Waals surface area contributed by atoms with E-state index in [9.17, 15) is 8.42 Å². The Hall–Kier alpha value is -1.46. The minimum atomic E-state index is -3.51. The lowest BCUT2D eigenvalue weighted by Crippen LogP contribution is -2.35. The van der Waals surface area contributed by atoms with Gasteiger partial charge in [0, 0.05) is 26.2 Å². The molecule has 1 aromatic carbocycles. The van der Waals surface area contributed by atoms with E-state index in [1.165, 1.54) is 28.6 Å². The number of β-amino-alcohol motifs (C(OH)–C–C–N with tert-alkyl or cyclic N) is 1. The van der Waals surface area contributed by atoms with E-state index in [2.05, 4.69) is 4.90 Å². The molecule has 1 N–H and O–H groups in total. The standard InChI is InChI=1S/C14H19N3O3S/c15-12-13-2-4-14(5-3-13)21(19,20)17-7-1-6-16(8-9-17)10-11-18/h2-5,18H,1,6-11H2. The molecule has 1 aliphatic rings. The number of sulfonamides is 1. The molecule has 1 aromatic rings. The molecular weight excluding hydrogens is 290 g/mol. The fourth-order valence-electron chi connectivity index (χ4n) is 2.40. The van der Waals surface area contributed by atoms with Crippen LogP contribution in [-0.4, -0.2) is 62.1 Å². The highest BCUT2D eigenvalue weighted by Gasteiger charge is 2.26. The Bertz CT molecular complexity index is 607. The summed E-state index contributed by atoms with van der Waals surface area (Å²) in [4.78, 5) is 2.28. The van der Waals surface area contributed by atoms with Crippen LogP contribution < -0.4 is 0 Å². The smallest absolute Gasteiger partial charge is 0.243 e. The molecule has 0 bridgehead atoms. The van der Waals surface area contributed by atoms with Gasteiger partial charge in [-0.1, -0.05) is 0 Å². The Morgan fingerprint density at radius 1 is 1.14 bits per heavy atom. The number of aliphatic hydroxyl groups excluding tert-OH is 1. The summed E-state index contributed by atoms with van der Waals surface area (Å²) in [6, 6.07) is 7.96. The number of hydrogen-bond acceptors (Lipinski definition) is 5. The van der Waals surface area contributed by atoms with E-state index >= 15 is 0 Å². The van der Waals surface area contributed by atoms with Gasteiger partial charge in [-0.25, -0.2) is 8.42 Å². The molecule has 0 radical (unpaired) electrons. The van der Waals surface area contributed by atoms with Crippen molar-refractivity contribution in [3.8, 4) is 6.07 Å². The van der Waals surface area contributed by atoms with Crippen LogP contribution in [-0.2, 0) is 10.0 Å². The highest BCUT2D eigenvalue weighted by molar-refractivity contribution is 7.89. The lowest BCUT2D eigenvalue weighted by Gasteiger charge is -2.21. The van der Waals surface area contributed by atoms with Crippen LogP contribution in [0.15, 0.2) is 29.2 Å². The van der Waals surface area contributed by atoms with Crippen LogP contribution in [0.25, 0.3) is 0 Å². The summed E-state index contributed by atoms with van der Waals surface area (Å²) >= 11 is 0. The number of nitrogens with zero attached hydrogens (tertiary/aromatic N) is 3. The maximum Gasteiger partial charge on any atom is 0.243 e. The van der Waals surface area contributed by atoms with Gasteiger partial charge in [0.25, 0.3) is 0 Å². The van der Waals surface area contributed by atoms with E-state index in [4.69, 9.17) is 10.4 Å². The van der Waals surface area contributed by atoms with Crippen LogP contribution >= 0.6 is 0 Å². The molecule has 0 amide bonds. The Balaban J connectivity index is 2.13. The Morgan fingerprint density at radius 3 is 2.48 bits per heavy atom. The third-order valence-electron chi connectivity index (χ3n) is 3.58. The average Bonchev–Trinajstić information content (AvgIpc) is 2.74. The van der Waals surface area contributed by atoms with Gasteiger partial charge < -0.3 is 5.11 Å². The van der Waals surface area contributed by atoms with Crippen molar-refractivity contribution in [3.05, 3.63) is 29.8 Å². The van der Waals surface area contributed by atoms with Crippen molar-refractivity contribution < 1.29 is 13.5 Å². The first-order valence-corrected chi connectivity index (χ1v) is 8.35. The summed E-state index contributed by atoms with van der Waals surface area (Å²) in [5.74, 6) is 0. The molecule has 1 fully saturated rings. The third-order valence-corrected chi connectivity index (χ3v) is 5.50. The number of nitriles is 1. The zero-order valence-corrected chi connectivity index (χ0v) is 12.6. The van der Waals surface area contributed by atoms with Crippen molar-refractivity contribution in [1.29, 1.82) is 5.26 Å². The molecule has 0 unspecified atom stereocenters. The summed E-state index contributed by atoms with van der Waals surface area (Å²) in [6.45, 7) is 2.97. The fourth-order valence-corrected chi connectivity index (χ4v) is 3.87. The first kappa shape index (κ1) is 15.9. The topological polar surface area (TPSA) is 84.6 Å². The van der Waals surface area contributed by atoms with Crippen LogP contribution in [0.1, 0.15) is 12.0 Å². The van der Waals surface area contributed by atoms with Crippen LogP contribution in [0.4, 0.5) is 0 Å². The normalized spacial score (nSPS) is 18.1. The molecule has 1 saturated heterocycles. The molecule has 0 spiro atoms. The second-order valence-electron chi connectivity index (χ2n) is 4.96. The number of hydrogen-bond donors (Lipinski definition) is 1. The average molecular weight is 309 g/mol. The molecule has 1 heterocycles. The van der Waals surface area contributed by atoms with Gasteiger partial charge in [0.2, 0.25) is 10.0 Å². The molecule has 0 aromatic heterocycles. The van der Waals surface area contributed by atoms with E-state index < -0.39 is 10.0 Å². The molecule has 6 nitrogen and oxygen atoms in total. The van der Waals surface area contributed by atoms with Gasteiger partial charge in [0.15, 0.2) is 0 Å². The molecule has 0 saturated carbocycles. The second kappa shape index (κ2) is 7.00. The van der Waals surface area contributed by atoms with E-state index in [1.54, 1.807) is 0 Å². The van der Waals surface area contributed by atoms with Gasteiger partial charge in [-0.05, 0) is 37.2 Å². The zero-order chi connectivity index (χ0) is 15.3. The van der Waals surface area contributed by atoms with Gasteiger partial charge in [-0.3, -0.25) is 4.90 Å². The SMILES string of the molecule is N#Cc1ccc(S(=O)(=O)N2CCCN(CCO)CC2)cc1. The fraction of sp³-hybridized carbons (Fsp3) is 0.500. The van der Waals surface area contributed by atoms with Crippen molar-refractivity contribution in [2.75, 3.05) is 39.3 Å². The van der Waals surface area contributed by atoms with Crippen LogP contribution in [0.3, 0.4) is 0 Å². The molecule has 21 heavy (non-hydrogen) atoms. The third kappa shape index (κ3) is 3.80. The van der Waals surface area contributed by atoms with Crippen molar-refractivity contribution in [2.24, 2.45) is 0 Å². The summed E-state index contributed by atoms with van der Waals surface area (Å²) in [5.41, 5.74) is 0.443. The summed E-state index contributed by atoms with van der Waals surface area (Å²) in [6.07, 6.45) is 0.746. The largest absolute Gasteiger partial charge is 0.395 e. The maximum absolute atomic E-state index is 12.6. The molecule has 1 aliphatic heterocycles. The maximum atomic E-state index is 12.6. The van der Waals surface area contributed by atoms with Gasteiger partial charge in [-0.15, -0.1) is 0 Å². The minimum Gasteiger partial charge on any atom is -0.395 e. The Morgan fingerprint density at radius 2 is 1.86 bits per heavy atom. The van der Waals surface area contributed by atoms with E-state index in [1.807, 2.05) is 6.07 Å². The first-order chi connectivity index (χ1) is 10.1. The van der Waals surface area contributed by atoms with E-state index in [-0.39, 0.29) is 11.5 Å². The number of aliphatic hydroxyl groups is 1. The van der Waals surface area contributed by atoms with Crippen molar-refractivity contribution in [1.82, 2.24) is 9.21 Å². The quantitative estimate of drug-likeness (QED) is 0.861. The predicted octanol–water partition coefficient (Wildman–Crippen LogP) is 0.247. The monoisotopic (exact) mass is 309 g/mol. The highest BCUT2D eigenvalue weighted by atomic mass is 32.2. The predicted molar refractivity (Wildman–Crippen MR) is 78.1 cm³/mol. The van der Waals surface area contributed by atoms with E-state index in [0.29, 0.717) is 31.7 Å². The molecule has 7 heteroatoms. The highest BCUT2D eigenvalue weighted by Crippen LogP contribution is 2.18. The lowest BCUT2D eigenvalue weighted by atomic mass is 10.2. The minimum absolute atomic E-state index is 0.0857.